The van der Waals surface area contributed by atoms with Gasteiger partial charge in [-0.2, -0.15) is 0 Å². The van der Waals surface area contributed by atoms with E-state index in [1.165, 1.54) is 17.7 Å². The molecule has 6 heteroatoms. The zero-order valence-corrected chi connectivity index (χ0v) is 21.5. The quantitative estimate of drug-likeness (QED) is 0.367. The van der Waals surface area contributed by atoms with E-state index in [-0.39, 0.29) is 32.1 Å². The number of halogens is 3. The lowest BCUT2D eigenvalue weighted by Crippen LogP contribution is -2.16. The summed E-state index contributed by atoms with van der Waals surface area (Å²) >= 11 is 18.6. The van der Waals surface area contributed by atoms with Gasteiger partial charge in [-0.15, -0.1) is 0 Å². The molecule has 1 atom stereocenters. The Balaban J connectivity index is 2.55. The molecule has 30 heavy (non-hydrogen) atoms. The highest BCUT2D eigenvalue weighted by Gasteiger charge is 2.32. The lowest BCUT2D eigenvalue weighted by Gasteiger charge is -2.23. The minimum atomic E-state index is -1.64. The Morgan fingerprint density at radius 1 is 0.867 bits per heavy atom. The summed E-state index contributed by atoms with van der Waals surface area (Å²) < 4.78 is 0. The molecular formula is C24H28Cl3O2P. The first kappa shape index (κ1) is 25.3. The number of carbonyl (C=O) groups is 2. The first-order valence-corrected chi connectivity index (χ1v) is 12.7. The fourth-order valence-corrected chi connectivity index (χ4v) is 6.84. The Labute approximate surface area is 196 Å². The van der Waals surface area contributed by atoms with Gasteiger partial charge in [0.1, 0.15) is 0 Å². The molecule has 0 aliphatic heterocycles. The van der Waals surface area contributed by atoms with E-state index in [4.69, 9.17) is 34.8 Å². The summed E-state index contributed by atoms with van der Waals surface area (Å²) in [5, 5.41) is 0.729. The van der Waals surface area contributed by atoms with Crippen LogP contribution in [0, 0.1) is 13.8 Å². The second kappa shape index (κ2) is 10.1. The summed E-state index contributed by atoms with van der Waals surface area (Å²) in [6, 6.07) is 7.10. The van der Waals surface area contributed by atoms with E-state index in [1.54, 1.807) is 0 Å². The maximum atomic E-state index is 13.7. The van der Waals surface area contributed by atoms with Gasteiger partial charge in [-0.3, -0.25) is 9.59 Å². The van der Waals surface area contributed by atoms with E-state index in [0.29, 0.717) is 16.7 Å². The number of unbranched alkanes of at least 4 members (excludes halogenated alkanes) is 1. The van der Waals surface area contributed by atoms with Gasteiger partial charge in [0, 0.05) is 18.5 Å². The SMILES string of the molecule is CCCCP(C(=O)c1c(C)cc(C(C)(C)C)cc1C)C(=O)c1c(Cl)cc(Cl)cc1Cl. The summed E-state index contributed by atoms with van der Waals surface area (Å²) in [5.41, 5.74) is 3.38. The van der Waals surface area contributed by atoms with Crippen LogP contribution in [0.4, 0.5) is 0 Å². The molecule has 0 fully saturated rings. The van der Waals surface area contributed by atoms with Crippen LogP contribution in [0.1, 0.15) is 77.9 Å². The molecular weight excluding hydrogens is 458 g/mol. The summed E-state index contributed by atoms with van der Waals surface area (Å²) in [5.74, 6) is 0. The maximum Gasteiger partial charge on any atom is 0.195 e. The van der Waals surface area contributed by atoms with E-state index >= 15 is 0 Å². The third kappa shape index (κ3) is 5.65. The molecule has 162 valence electrons. The van der Waals surface area contributed by atoms with Crippen LogP contribution >= 0.6 is 42.7 Å². The standard InChI is InChI=1S/C24H28Cl3O2P/c1-7-8-9-30(23(29)21-18(26)12-17(25)13-19(21)27)22(28)20-14(2)10-16(11-15(20)3)24(4,5)6/h10-13H,7-9H2,1-6H3. The molecule has 0 radical (unpaired) electrons. The van der Waals surface area contributed by atoms with Crippen molar-refractivity contribution in [3.8, 4) is 0 Å². The van der Waals surface area contributed by atoms with Crippen molar-refractivity contribution in [2.45, 2.75) is 59.8 Å². The molecule has 0 aliphatic carbocycles. The topological polar surface area (TPSA) is 34.1 Å². The van der Waals surface area contributed by atoms with Crippen LogP contribution in [0.15, 0.2) is 24.3 Å². The Hall–Kier alpha value is -0.920. The maximum absolute atomic E-state index is 13.7. The Kier molecular flexibility index (Phi) is 8.56. The molecule has 2 rings (SSSR count). The molecule has 0 spiro atoms. The van der Waals surface area contributed by atoms with Crippen molar-refractivity contribution in [1.29, 1.82) is 0 Å². The Morgan fingerprint density at radius 3 is 1.77 bits per heavy atom. The van der Waals surface area contributed by atoms with Gasteiger partial charge in [0.15, 0.2) is 11.0 Å². The highest BCUT2D eigenvalue weighted by Crippen LogP contribution is 2.48. The molecule has 0 amide bonds. The molecule has 0 aromatic heterocycles. The van der Waals surface area contributed by atoms with Gasteiger partial charge in [0.2, 0.25) is 0 Å². The first-order chi connectivity index (χ1) is 13.9. The van der Waals surface area contributed by atoms with Crippen molar-refractivity contribution < 1.29 is 9.59 Å². The largest absolute Gasteiger partial charge is 0.289 e. The molecule has 0 aliphatic rings. The van der Waals surface area contributed by atoms with Gasteiger partial charge in [-0.05, 0) is 60.7 Å². The van der Waals surface area contributed by atoms with Crippen molar-refractivity contribution in [3.05, 3.63) is 67.2 Å². The van der Waals surface area contributed by atoms with Crippen LogP contribution in [0.25, 0.3) is 0 Å². The molecule has 1 unspecified atom stereocenters. The van der Waals surface area contributed by atoms with E-state index < -0.39 is 7.92 Å². The second-order valence-corrected chi connectivity index (χ2v) is 12.0. The van der Waals surface area contributed by atoms with Crippen molar-refractivity contribution in [2.24, 2.45) is 0 Å². The van der Waals surface area contributed by atoms with Crippen LogP contribution in [0.2, 0.25) is 15.1 Å². The van der Waals surface area contributed by atoms with Gasteiger partial charge in [-0.25, -0.2) is 0 Å². The number of hydrogen-bond donors (Lipinski definition) is 0. The number of carbonyl (C=O) groups excluding carboxylic acids is 2. The van der Waals surface area contributed by atoms with Crippen LogP contribution in [0.3, 0.4) is 0 Å². The predicted octanol–water partition coefficient (Wildman–Crippen LogP) is 8.82. The van der Waals surface area contributed by atoms with E-state index in [2.05, 4.69) is 32.9 Å². The summed E-state index contributed by atoms with van der Waals surface area (Å²) in [6.45, 7) is 12.4. The molecule has 0 saturated carbocycles. The average molecular weight is 486 g/mol. The summed E-state index contributed by atoms with van der Waals surface area (Å²) in [4.78, 5) is 27.1. The average Bonchev–Trinajstić information content (AvgIpc) is 2.59. The molecule has 0 N–H and O–H groups in total. The van der Waals surface area contributed by atoms with Crippen LogP contribution < -0.4 is 0 Å². The number of rotatable bonds is 7. The van der Waals surface area contributed by atoms with Crippen LogP contribution in [-0.4, -0.2) is 17.2 Å². The van der Waals surface area contributed by atoms with Gasteiger partial charge >= 0.3 is 0 Å². The van der Waals surface area contributed by atoms with Crippen molar-refractivity contribution in [1.82, 2.24) is 0 Å². The summed E-state index contributed by atoms with van der Waals surface area (Å²) in [6.07, 6.45) is 2.19. The number of hydrogen-bond acceptors (Lipinski definition) is 2. The highest BCUT2D eigenvalue weighted by atomic mass is 35.5. The van der Waals surface area contributed by atoms with E-state index in [9.17, 15) is 9.59 Å². The molecule has 2 aromatic rings. The Bertz CT molecular complexity index is 931. The molecule has 0 bridgehead atoms. The lowest BCUT2D eigenvalue weighted by molar-refractivity contribution is 0.105. The minimum absolute atomic E-state index is 0.0236. The lowest BCUT2D eigenvalue weighted by atomic mass is 9.84. The van der Waals surface area contributed by atoms with Gasteiger partial charge in [0.25, 0.3) is 0 Å². The van der Waals surface area contributed by atoms with Gasteiger partial charge in [0.05, 0.1) is 15.6 Å². The number of benzene rings is 2. The van der Waals surface area contributed by atoms with Crippen LogP contribution in [-0.2, 0) is 5.41 Å². The zero-order valence-electron chi connectivity index (χ0n) is 18.3. The van der Waals surface area contributed by atoms with Crippen molar-refractivity contribution >= 4 is 53.8 Å². The highest BCUT2D eigenvalue weighted by molar-refractivity contribution is 7.90. The van der Waals surface area contributed by atoms with Crippen LogP contribution in [0.5, 0.6) is 0 Å². The molecule has 2 nitrogen and oxygen atoms in total. The predicted molar refractivity (Wildman–Crippen MR) is 131 cm³/mol. The smallest absolute Gasteiger partial charge is 0.195 e. The fraction of sp³-hybridized carbons (Fsp3) is 0.417. The monoisotopic (exact) mass is 484 g/mol. The first-order valence-electron chi connectivity index (χ1n) is 10.0. The third-order valence-corrected chi connectivity index (χ3v) is 8.06. The normalized spacial score (nSPS) is 12.7. The minimum Gasteiger partial charge on any atom is -0.289 e. The molecule has 2 aromatic carbocycles. The third-order valence-electron chi connectivity index (χ3n) is 5.06. The van der Waals surface area contributed by atoms with E-state index in [1.807, 2.05) is 20.8 Å². The molecule has 0 saturated heterocycles. The van der Waals surface area contributed by atoms with E-state index in [0.717, 1.165) is 24.0 Å². The molecule has 0 heterocycles. The second-order valence-electron chi connectivity index (χ2n) is 8.59. The summed E-state index contributed by atoms with van der Waals surface area (Å²) in [7, 11) is -1.64. The van der Waals surface area contributed by atoms with Gasteiger partial charge in [-0.1, -0.05) is 81.1 Å². The van der Waals surface area contributed by atoms with Crippen molar-refractivity contribution in [3.63, 3.8) is 0 Å². The van der Waals surface area contributed by atoms with Gasteiger partial charge < -0.3 is 0 Å². The number of aryl methyl sites for hydroxylation is 2. The van der Waals surface area contributed by atoms with Crippen molar-refractivity contribution in [2.75, 3.05) is 6.16 Å². The zero-order chi connectivity index (χ0) is 22.8. The fourth-order valence-electron chi connectivity index (χ4n) is 3.36. The Morgan fingerprint density at radius 2 is 1.33 bits per heavy atom.